The summed E-state index contributed by atoms with van der Waals surface area (Å²) in [6.45, 7) is 4.55. The molecule has 2 aliphatic heterocycles. The first-order chi connectivity index (χ1) is 8.02. The third-order valence-corrected chi connectivity index (χ3v) is 5.42. The minimum atomic E-state index is -3.31. The van der Waals surface area contributed by atoms with E-state index in [9.17, 15) is 8.42 Å². The molecule has 0 bridgehead atoms. The van der Waals surface area contributed by atoms with Crippen LogP contribution in [0.15, 0.2) is 0 Å². The predicted octanol–water partition coefficient (Wildman–Crippen LogP) is 0.876. The Balaban J connectivity index is 2.00. The van der Waals surface area contributed by atoms with Crippen molar-refractivity contribution in [2.45, 2.75) is 44.6 Å². The van der Waals surface area contributed by atoms with Gasteiger partial charge >= 0.3 is 0 Å². The maximum atomic E-state index is 12.2. The van der Waals surface area contributed by atoms with Crippen LogP contribution in [0.5, 0.6) is 0 Å². The van der Waals surface area contributed by atoms with Gasteiger partial charge in [0.05, 0.1) is 0 Å². The standard InChI is InChI=1S/C11H22N2O3S/c1-11(5-9-16-10-6-11)12-17(14,15)13-7-3-2-4-8-13/h12H,2-10H2,1H3. The van der Waals surface area contributed by atoms with Gasteiger partial charge in [0.1, 0.15) is 0 Å². The first-order valence-electron chi connectivity index (χ1n) is 6.39. The largest absolute Gasteiger partial charge is 0.381 e. The van der Waals surface area contributed by atoms with Crippen LogP contribution < -0.4 is 4.72 Å². The average molecular weight is 262 g/mol. The Morgan fingerprint density at radius 2 is 1.71 bits per heavy atom. The Kier molecular flexibility index (Phi) is 4.07. The van der Waals surface area contributed by atoms with E-state index in [0.29, 0.717) is 26.3 Å². The van der Waals surface area contributed by atoms with Crippen LogP contribution >= 0.6 is 0 Å². The van der Waals surface area contributed by atoms with E-state index >= 15 is 0 Å². The SMILES string of the molecule is CC1(NS(=O)(=O)N2CCCCC2)CCOCC1. The monoisotopic (exact) mass is 262 g/mol. The molecule has 2 fully saturated rings. The smallest absolute Gasteiger partial charge is 0.279 e. The quantitative estimate of drug-likeness (QED) is 0.821. The molecule has 0 amide bonds. The van der Waals surface area contributed by atoms with E-state index in [2.05, 4.69) is 4.72 Å². The molecule has 0 radical (unpaired) electrons. The molecule has 100 valence electrons. The van der Waals surface area contributed by atoms with Crippen LogP contribution in [0.25, 0.3) is 0 Å². The molecule has 2 aliphatic rings. The summed E-state index contributed by atoms with van der Waals surface area (Å²) in [5.74, 6) is 0. The summed E-state index contributed by atoms with van der Waals surface area (Å²) >= 11 is 0. The summed E-state index contributed by atoms with van der Waals surface area (Å²) in [7, 11) is -3.31. The van der Waals surface area contributed by atoms with Crippen LogP contribution in [0.1, 0.15) is 39.0 Å². The van der Waals surface area contributed by atoms with Crippen molar-refractivity contribution in [1.29, 1.82) is 0 Å². The van der Waals surface area contributed by atoms with E-state index in [-0.39, 0.29) is 5.54 Å². The molecule has 2 rings (SSSR count). The van der Waals surface area contributed by atoms with Gasteiger partial charge in [-0.25, -0.2) is 0 Å². The molecule has 0 aromatic heterocycles. The van der Waals surface area contributed by atoms with Gasteiger partial charge in [-0.1, -0.05) is 6.42 Å². The Morgan fingerprint density at radius 1 is 1.12 bits per heavy atom. The lowest BCUT2D eigenvalue weighted by molar-refractivity contribution is 0.0530. The highest BCUT2D eigenvalue weighted by molar-refractivity contribution is 7.87. The minimum Gasteiger partial charge on any atom is -0.381 e. The summed E-state index contributed by atoms with van der Waals surface area (Å²) in [5, 5.41) is 0. The molecule has 0 atom stereocenters. The van der Waals surface area contributed by atoms with Gasteiger partial charge in [0.25, 0.3) is 10.2 Å². The maximum absolute atomic E-state index is 12.2. The van der Waals surface area contributed by atoms with Crippen molar-refractivity contribution in [1.82, 2.24) is 9.03 Å². The minimum absolute atomic E-state index is 0.339. The molecule has 2 saturated heterocycles. The Bertz CT molecular complexity index is 344. The lowest BCUT2D eigenvalue weighted by Crippen LogP contribution is -2.54. The van der Waals surface area contributed by atoms with E-state index in [4.69, 9.17) is 4.74 Å². The van der Waals surface area contributed by atoms with Gasteiger partial charge in [-0.15, -0.1) is 0 Å². The van der Waals surface area contributed by atoms with Crippen molar-refractivity contribution in [2.75, 3.05) is 26.3 Å². The van der Waals surface area contributed by atoms with Crippen molar-refractivity contribution >= 4 is 10.2 Å². The van der Waals surface area contributed by atoms with Crippen LogP contribution in [0.4, 0.5) is 0 Å². The highest BCUT2D eigenvalue weighted by Crippen LogP contribution is 2.22. The number of hydrogen-bond donors (Lipinski definition) is 1. The molecular formula is C11H22N2O3S. The molecule has 0 aliphatic carbocycles. The molecule has 17 heavy (non-hydrogen) atoms. The Morgan fingerprint density at radius 3 is 2.29 bits per heavy atom. The van der Waals surface area contributed by atoms with Gasteiger partial charge in [-0.3, -0.25) is 0 Å². The summed E-state index contributed by atoms with van der Waals surface area (Å²) < 4.78 is 34.2. The van der Waals surface area contributed by atoms with Gasteiger partial charge in [0.2, 0.25) is 0 Å². The molecule has 0 aromatic carbocycles. The molecule has 1 N–H and O–H groups in total. The van der Waals surface area contributed by atoms with E-state index in [1.54, 1.807) is 4.31 Å². The summed E-state index contributed by atoms with van der Waals surface area (Å²) in [6, 6.07) is 0. The van der Waals surface area contributed by atoms with Crippen molar-refractivity contribution < 1.29 is 13.2 Å². The maximum Gasteiger partial charge on any atom is 0.279 e. The number of hydrogen-bond acceptors (Lipinski definition) is 3. The van der Waals surface area contributed by atoms with Crippen molar-refractivity contribution in [3.8, 4) is 0 Å². The molecular weight excluding hydrogens is 240 g/mol. The van der Waals surface area contributed by atoms with Gasteiger partial charge in [0, 0.05) is 31.8 Å². The first-order valence-corrected chi connectivity index (χ1v) is 7.83. The number of nitrogens with one attached hydrogen (secondary N) is 1. The summed E-state index contributed by atoms with van der Waals surface area (Å²) in [6.07, 6.45) is 4.58. The Hall–Kier alpha value is -0.170. The third kappa shape index (κ3) is 3.40. The first kappa shape index (κ1) is 13.3. The highest BCUT2D eigenvalue weighted by Gasteiger charge is 2.34. The second-order valence-electron chi connectivity index (χ2n) is 5.24. The number of rotatable bonds is 3. The summed E-state index contributed by atoms with van der Waals surface area (Å²) in [5.41, 5.74) is -0.339. The second kappa shape index (κ2) is 5.22. The normalized spacial score (nSPS) is 26.9. The van der Waals surface area contributed by atoms with Crippen molar-refractivity contribution in [3.05, 3.63) is 0 Å². The molecule has 2 heterocycles. The lowest BCUT2D eigenvalue weighted by Gasteiger charge is -2.36. The molecule has 0 spiro atoms. The zero-order chi connectivity index (χ0) is 12.4. The van der Waals surface area contributed by atoms with Crippen molar-refractivity contribution in [2.24, 2.45) is 0 Å². The predicted molar refractivity (Wildman–Crippen MR) is 65.9 cm³/mol. The molecule has 0 aromatic rings. The van der Waals surface area contributed by atoms with Crippen LogP contribution in [0.3, 0.4) is 0 Å². The fraction of sp³-hybridized carbons (Fsp3) is 1.00. The van der Waals surface area contributed by atoms with E-state index < -0.39 is 10.2 Å². The van der Waals surface area contributed by atoms with Crippen molar-refractivity contribution in [3.63, 3.8) is 0 Å². The lowest BCUT2D eigenvalue weighted by atomic mass is 9.94. The fourth-order valence-electron chi connectivity index (χ4n) is 2.41. The van der Waals surface area contributed by atoms with Crippen LogP contribution in [0, 0.1) is 0 Å². The van der Waals surface area contributed by atoms with Gasteiger partial charge in [-0.2, -0.15) is 17.4 Å². The van der Waals surface area contributed by atoms with Crippen LogP contribution in [0.2, 0.25) is 0 Å². The molecule has 0 unspecified atom stereocenters. The van der Waals surface area contributed by atoms with E-state index in [1.807, 2.05) is 6.92 Å². The molecule has 6 heteroatoms. The van der Waals surface area contributed by atoms with E-state index in [1.165, 1.54) is 0 Å². The van der Waals surface area contributed by atoms with Gasteiger partial charge < -0.3 is 4.74 Å². The molecule has 5 nitrogen and oxygen atoms in total. The Labute approximate surface area is 104 Å². The number of ether oxygens (including phenoxy) is 1. The second-order valence-corrected chi connectivity index (χ2v) is 6.91. The average Bonchev–Trinajstić information content (AvgIpc) is 2.30. The van der Waals surface area contributed by atoms with Crippen LogP contribution in [-0.2, 0) is 14.9 Å². The topological polar surface area (TPSA) is 58.6 Å². The molecule has 0 saturated carbocycles. The number of piperidine rings is 1. The third-order valence-electron chi connectivity index (χ3n) is 3.63. The van der Waals surface area contributed by atoms with Gasteiger partial charge in [-0.05, 0) is 32.6 Å². The van der Waals surface area contributed by atoms with Crippen LogP contribution in [-0.4, -0.2) is 44.6 Å². The van der Waals surface area contributed by atoms with E-state index in [0.717, 1.165) is 32.1 Å². The highest BCUT2D eigenvalue weighted by atomic mass is 32.2. The fourth-order valence-corrected chi connectivity index (χ4v) is 4.10. The zero-order valence-corrected chi connectivity index (χ0v) is 11.3. The zero-order valence-electron chi connectivity index (χ0n) is 10.4. The van der Waals surface area contributed by atoms with Gasteiger partial charge in [0.15, 0.2) is 0 Å². The summed E-state index contributed by atoms with van der Waals surface area (Å²) in [4.78, 5) is 0. The number of nitrogens with zero attached hydrogens (tertiary/aromatic N) is 1.